The zero-order valence-electron chi connectivity index (χ0n) is 9.34. The number of halogens is 1. The molecule has 0 bridgehead atoms. The molecule has 0 saturated carbocycles. The average Bonchev–Trinajstić information content (AvgIpc) is 2.67. The van der Waals surface area contributed by atoms with Crippen molar-refractivity contribution in [2.45, 2.75) is 0 Å². The Morgan fingerprint density at radius 2 is 1.83 bits per heavy atom. The van der Waals surface area contributed by atoms with Crippen molar-refractivity contribution in [3.63, 3.8) is 0 Å². The highest BCUT2D eigenvalue weighted by Crippen LogP contribution is 2.27. The van der Waals surface area contributed by atoms with E-state index in [9.17, 15) is 5.11 Å². The number of imidazole rings is 1. The molecule has 2 heterocycles. The predicted octanol–water partition coefficient (Wildman–Crippen LogP) is 3.05. The van der Waals surface area contributed by atoms with Crippen molar-refractivity contribution in [1.29, 1.82) is 0 Å². The molecule has 4 nitrogen and oxygen atoms in total. The number of nitrogens with zero attached hydrogens (tertiary/aromatic N) is 2. The van der Waals surface area contributed by atoms with Crippen molar-refractivity contribution in [3.05, 3.63) is 47.2 Å². The molecule has 3 aromatic rings. The smallest absolute Gasteiger partial charge is 0.145 e. The summed E-state index contributed by atoms with van der Waals surface area (Å²) in [5.74, 6) is 1.02. The fourth-order valence-electron chi connectivity index (χ4n) is 1.88. The van der Waals surface area contributed by atoms with E-state index >= 15 is 0 Å². The van der Waals surface area contributed by atoms with Crippen LogP contribution in [-0.4, -0.2) is 14.5 Å². The lowest BCUT2D eigenvalue weighted by molar-refractivity contribution is 0.475. The molecule has 0 fully saturated rings. The molecule has 2 aromatic heterocycles. The van der Waals surface area contributed by atoms with E-state index in [1.165, 1.54) is 0 Å². The van der Waals surface area contributed by atoms with Crippen molar-refractivity contribution >= 4 is 27.1 Å². The lowest BCUT2D eigenvalue weighted by Gasteiger charge is -2.02. The van der Waals surface area contributed by atoms with E-state index < -0.39 is 0 Å². The summed E-state index contributed by atoms with van der Waals surface area (Å²) >= 11 is 3.43. The monoisotopic (exact) mass is 303 g/mol. The maximum Gasteiger partial charge on any atom is 0.145 e. The fraction of sp³-hybridized carbons (Fsp3) is 0. The van der Waals surface area contributed by atoms with Gasteiger partial charge in [-0.1, -0.05) is 0 Å². The minimum absolute atomic E-state index is 0.234. The molecule has 3 N–H and O–H groups in total. The van der Waals surface area contributed by atoms with Crippen LogP contribution in [0.3, 0.4) is 0 Å². The lowest BCUT2D eigenvalue weighted by atomic mass is 10.2. The first kappa shape index (κ1) is 11.1. The van der Waals surface area contributed by atoms with Crippen molar-refractivity contribution in [1.82, 2.24) is 9.38 Å². The third-order valence-electron chi connectivity index (χ3n) is 2.74. The highest BCUT2D eigenvalue weighted by Gasteiger charge is 2.10. The second-order valence-corrected chi connectivity index (χ2v) is 4.74. The number of rotatable bonds is 1. The lowest BCUT2D eigenvalue weighted by Crippen LogP contribution is -1.92. The molecule has 3 rings (SSSR count). The molecule has 90 valence electrons. The quantitative estimate of drug-likeness (QED) is 0.726. The number of aromatic hydroxyl groups is 1. The Hall–Kier alpha value is -2.01. The van der Waals surface area contributed by atoms with Crippen LogP contribution in [0.5, 0.6) is 5.75 Å². The molecule has 5 heteroatoms. The number of aromatic nitrogens is 2. The van der Waals surface area contributed by atoms with Crippen molar-refractivity contribution in [3.8, 4) is 17.1 Å². The van der Waals surface area contributed by atoms with Gasteiger partial charge in [-0.05, 0) is 52.3 Å². The Morgan fingerprint density at radius 3 is 2.56 bits per heavy atom. The zero-order valence-corrected chi connectivity index (χ0v) is 10.9. The van der Waals surface area contributed by atoms with Crippen LogP contribution in [0.4, 0.5) is 5.69 Å². The number of anilines is 1. The van der Waals surface area contributed by atoms with Crippen LogP contribution in [0, 0.1) is 0 Å². The third-order valence-corrected chi connectivity index (χ3v) is 3.32. The number of hydrogen-bond donors (Lipinski definition) is 2. The molecule has 0 spiro atoms. The molecule has 0 aliphatic heterocycles. The Labute approximate surface area is 112 Å². The van der Waals surface area contributed by atoms with E-state index in [2.05, 4.69) is 20.9 Å². The summed E-state index contributed by atoms with van der Waals surface area (Å²) < 4.78 is 2.69. The summed E-state index contributed by atoms with van der Waals surface area (Å²) in [7, 11) is 0. The predicted molar refractivity (Wildman–Crippen MR) is 74.4 cm³/mol. The van der Waals surface area contributed by atoms with Crippen molar-refractivity contribution < 1.29 is 5.11 Å². The largest absolute Gasteiger partial charge is 0.508 e. The minimum atomic E-state index is 0.234. The van der Waals surface area contributed by atoms with E-state index in [-0.39, 0.29) is 5.75 Å². The number of pyridine rings is 1. The van der Waals surface area contributed by atoms with Gasteiger partial charge >= 0.3 is 0 Å². The van der Waals surface area contributed by atoms with Gasteiger partial charge in [-0.3, -0.25) is 4.40 Å². The van der Waals surface area contributed by atoms with E-state index in [1.54, 1.807) is 12.1 Å². The van der Waals surface area contributed by atoms with Crippen LogP contribution in [0.15, 0.2) is 47.2 Å². The van der Waals surface area contributed by atoms with Crippen LogP contribution in [0.25, 0.3) is 16.9 Å². The molecule has 0 aliphatic rings. The van der Waals surface area contributed by atoms with E-state index in [1.807, 2.05) is 34.9 Å². The second-order valence-electron chi connectivity index (χ2n) is 3.99. The first-order chi connectivity index (χ1) is 8.65. The number of hydrogen-bond acceptors (Lipinski definition) is 3. The number of phenols is 1. The van der Waals surface area contributed by atoms with E-state index in [0.717, 1.165) is 21.5 Å². The first-order valence-electron chi connectivity index (χ1n) is 5.37. The van der Waals surface area contributed by atoms with Gasteiger partial charge in [-0.15, -0.1) is 0 Å². The van der Waals surface area contributed by atoms with Crippen LogP contribution < -0.4 is 5.73 Å². The molecule has 0 unspecified atom stereocenters. The number of phenolic OH excluding ortho intramolecular Hbond substituents is 1. The van der Waals surface area contributed by atoms with Crippen molar-refractivity contribution in [2.75, 3.05) is 5.73 Å². The summed E-state index contributed by atoms with van der Waals surface area (Å²) in [6.45, 7) is 0. The van der Waals surface area contributed by atoms with Gasteiger partial charge in [-0.2, -0.15) is 0 Å². The van der Waals surface area contributed by atoms with Crippen molar-refractivity contribution in [2.24, 2.45) is 0 Å². The molecule has 0 amide bonds. The van der Waals surface area contributed by atoms with Crippen LogP contribution in [-0.2, 0) is 0 Å². The summed E-state index contributed by atoms with van der Waals surface area (Å²) in [6.07, 6.45) is 1.83. The average molecular weight is 304 g/mol. The van der Waals surface area contributed by atoms with Gasteiger partial charge in [0.2, 0.25) is 0 Å². The summed E-state index contributed by atoms with van der Waals surface area (Å²) in [4.78, 5) is 4.47. The SMILES string of the molecule is Nc1ccc2c(Br)nc(-c3ccc(O)cc3)n2c1. The van der Waals surface area contributed by atoms with Crippen LogP contribution in [0.1, 0.15) is 0 Å². The highest BCUT2D eigenvalue weighted by atomic mass is 79.9. The molecule has 18 heavy (non-hydrogen) atoms. The molecule has 1 aromatic carbocycles. The molecular formula is C13H10BrN3O. The summed E-state index contributed by atoms with van der Waals surface area (Å²) in [5, 5.41) is 9.31. The Bertz CT molecular complexity index is 719. The van der Waals surface area contributed by atoms with Crippen LogP contribution in [0.2, 0.25) is 0 Å². The summed E-state index contributed by atoms with van der Waals surface area (Å²) in [6, 6.07) is 10.7. The van der Waals surface area contributed by atoms with Gasteiger partial charge in [0.25, 0.3) is 0 Å². The maximum atomic E-state index is 9.31. The molecule has 0 saturated heterocycles. The molecule has 0 radical (unpaired) electrons. The second kappa shape index (κ2) is 4.03. The Kier molecular flexibility index (Phi) is 2.48. The molecular weight excluding hydrogens is 294 g/mol. The van der Waals surface area contributed by atoms with Gasteiger partial charge in [0.05, 0.1) is 5.52 Å². The number of fused-ring (bicyclic) bond motifs is 1. The maximum absolute atomic E-state index is 9.31. The van der Waals surface area contributed by atoms with Gasteiger partial charge in [-0.25, -0.2) is 4.98 Å². The van der Waals surface area contributed by atoms with Gasteiger partial charge < -0.3 is 10.8 Å². The number of nitrogens with two attached hydrogens (primary N) is 1. The van der Waals surface area contributed by atoms with Gasteiger partial charge in [0.15, 0.2) is 0 Å². The Balaban J connectivity index is 2.28. The summed E-state index contributed by atoms with van der Waals surface area (Å²) in [5.41, 5.74) is 8.34. The topological polar surface area (TPSA) is 63.5 Å². The first-order valence-corrected chi connectivity index (χ1v) is 6.17. The number of benzene rings is 1. The fourth-order valence-corrected chi connectivity index (χ4v) is 2.37. The zero-order chi connectivity index (χ0) is 12.7. The Morgan fingerprint density at radius 1 is 1.11 bits per heavy atom. The molecule has 0 aliphatic carbocycles. The highest BCUT2D eigenvalue weighted by molar-refractivity contribution is 9.10. The van der Waals surface area contributed by atoms with E-state index in [4.69, 9.17) is 5.73 Å². The van der Waals surface area contributed by atoms with Crippen LogP contribution >= 0.6 is 15.9 Å². The standard InChI is InChI=1S/C13H10BrN3O/c14-12-11-6-3-9(15)7-17(11)13(16-12)8-1-4-10(18)5-2-8/h1-7,18H,15H2. The normalized spacial score (nSPS) is 10.9. The minimum Gasteiger partial charge on any atom is -0.508 e. The van der Waals surface area contributed by atoms with Gasteiger partial charge in [0, 0.05) is 17.4 Å². The van der Waals surface area contributed by atoms with E-state index in [0.29, 0.717) is 5.69 Å². The van der Waals surface area contributed by atoms with Gasteiger partial charge in [0.1, 0.15) is 16.2 Å². The number of nitrogen functional groups attached to an aromatic ring is 1. The molecule has 0 atom stereocenters. The third kappa shape index (κ3) is 1.73.